The largest absolute Gasteiger partial charge is 0.496 e. The number of methoxy groups -OCH3 is 1. The zero-order valence-electron chi connectivity index (χ0n) is 10.2. The molecule has 0 spiro atoms. The van der Waals surface area contributed by atoms with Gasteiger partial charge in [-0.05, 0) is 27.7 Å². The van der Waals surface area contributed by atoms with Crippen molar-refractivity contribution in [2.24, 2.45) is 0 Å². The van der Waals surface area contributed by atoms with Gasteiger partial charge in [-0.15, -0.1) is 11.3 Å². The highest BCUT2D eigenvalue weighted by Crippen LogP contribution is 2.33. The highest BCUT2D eigenvalue weighted by atomic mass is 32.1. The molecule has 1 N–H and O–H groups in total. The lowest BCUT2D eigenvalue weighted by atomic mass is 10.2. The van der Waals surface area contributed by atoms with E-state index in [-0.39, 0.29) is 0 Å². The van der Waals surface area contributed by atoms with Gasteiger partial charge in [0.25, 0.3) is 0 Å². The lowest BCUT2D eigenvalue weighted by molar-refractivity contribution is 0.0636. The molecule has 1 aromatic heterocycles. The van der Waals surface area contributed by atoms with Crippen molar-refractivity contribution in [1.29, 1.82) is 0 Å². The third kappa shape index (κ3) is 3.41. The van der Waals surface area contributed by atoms with Crippen LogP contribution in [0.1, 0.15) is 26.3 Å². The fourth-order valence-electron chi connectivity index (χ4n) is 1.12. The molecule has 0 aliphatic heterocycles. The summed E-state index contributed by atoms with van der Waals surface area (Å²) in [6.45, 7) is 7.37. The van der Waals surface area contributed by atoms with E-state index in [1.54, 1.807) is 7.11 Å². The summed E-state index contributed by atoms with van der Waals surface area (Å²) < 4.78 is 10.3. The lowest BCUT2D eigenvalue weighted by Crippen LogP contribution is -2.27. The van der Waals surface area contributed by atoms with Crippen molar-refractivity contribution < 1.29 is 14.3 Å². The molecule has 5 heteroatoms. The fraction of sp³-hybridized carbons (Fsp3) is 0.545. The maximum absolute atomic E-state index is 11.5. The Morgan fingerprint density at radius 1 is 1.44 bits per heavy atom. The molecule has 16 heavy (non-hydrogen) atoms. The quantitative estimate of drug-likeness (QED) is 0.865. The van der Waals surface area contributed by atoms with Crippen LogP contribution in [0.25, 0.3) is 0 Å². The molecule has 90 valence electrons. The Labute approximate surface area is 99.6 Å². The van der Waals surface area contributed by atoms with Gasteiger partial charge >= 0.3 is 6.09 Å². The van der Waals surface area contributed by atoms with E-state index in [1.807, 2.05) is 33.1 Å². The van der Waals surface area contributed by atoms with Crippen LogP contribution < -0.4 is 10.1 Å². The van der Waals surface area contributed by atoms with Crippen molar-refractivity contribution in [2.45, 2.75) is 33.3 Å². The summed E-state index contributed by atoms with van der Waals surface area (Å²) in [5.74, 6) is 0.774. The summed E-state index contributed by atoms with van der Waals surface area (Å²) >= 11 is 1.42. The molecule has 0 bridgehead atoms. The lowest BCUT2D eigenvalue weighted by Gasteiger charge is -2.19. The number of thiophene rings is 1. The fourth-order valence-corrected chi connectivity index (χ4v) is 2.04. The van der Waals surface area contributed by atoms with Gasteiger partial charge in [-0.25, -0.2) is 4.79 Å². The van der Waals surface area contributed by atoms with E-state index >= 15 is 0 Å². The second-order valence-electron chi connectivity index (χ2n) is 4.39. The van der Waals surface area contributed by atoms with Gasteiger partial charge in [0.2, 0.25) is 0 Å². The van der Waals surface area contributed by atoms with Crippen LogP contribution in [0, 0.1) is 6.92 Å². The van der Waals surface area contributed by atoms with Gasteiger partial charge in [0, 0.05) is 10.9 Å². The summed E-state index contributed by atoms with van der Waals surface area (Å²) in [6, 6.07) is 0. The van der Waals surface area contributed by atoms with E-state index in [0.29, 0.717) is 0 Å². The first kappa shape index (κ1) is 12.8. The number of carbonyl (C=O) groups is 1. The Hall–Kier alpha value is -1.23. The number of rotatable bonds is 2. The minimum Gasteiger partial charge on any atom is -0.496 e. The second kappa shape index (κ2) is 4.74. The van der Waals surface area contributed by atoms with Crippen LogP contribution in [-0.2, 0) is 4.74 Å². The first-order valence-electron chi connectivity index (χ1n) is 4.95. The summed E-state index contributed by atoms with van der Waals surface area (Å²) in [5.41, 5.74) is 0.428. The molecule has 0 aliphatic rings. The first-order chi connectivity index (χ1) is 7.33. The van der Waals surface area contributed by atoms with Crippen LogP contribution in [0.15, 0.2) is 5.38 Å². The molecule has 0 aromatic carbocycles. The van der Waals surface area contributed by atoms with Crippen molar-refractivity contribution in [1.82, 2.24) is 0 Å². The number of hydrogen-bond donors (Lipinski definition) is 1. The van der Waals surface area contributed by atoms with Crippen LogP contribution in [0.4, 0.5) is 9.80 Å². The van der Waals surface area contributed by atoms with E-state index in [9.17, 15) is 4.79 Å². The SMILES string of the molecule is COc1csc(NC(=O)OC(C)(C)C)c1C. The number of ether oxygens (including phenoxy) is 2. The molecule has 1 aromatic rings. The molecular formula is C11H17NO3S. The number of anilines is 1. The Morgan fingerprint density at radius 2 is 2.06 bits per heavy atom. The van der Waals surface area contributed by atoms with E-state index in [4.69, 9.17) is 9.47 Å². The molecule has 0 fully saturated rings. The maximum Gasteiger partial charge on any atom is 0.412 e. The molecular weight excluding hydrogens is 226 g/mol. The summed E-state index contributed by atoms with van der Waals surface area (Å²) in [4.78, 5) is 11.5. The topological polar surface area (TPSA) is 47.6 Å². The Kier molecular flexibility index (Phi) is 3.80. The van der Waals surface area contributed by atoms with Crippen molar-refractivity contribution in [3.8, 4) is 5.75 Å². The van der Waals surface area contributed by atoms with Gasteiger partial charge in [-0.1, -0.05) is 0 Å². The molecule has 0 radical (unpaired) electrons. The zero-order valence-corrected chi connectivity index (χ0v) is 11.0. The molecule has 0 aliphatic carbocycles. The van der Waals surface area contributed by atoms with Gasteiger partial charge in [0.15, 0.2) is 0 Å². The van der Waals surface area contributed by atoms with Crippen molar-refractivity contribution >= 4 is 22.4 Å². The molecule has 1 heterocycles. The average Bonchev–Trinajstić information content (AvgIpc) is 2.44. The number of amides is 1. The summed E-state index contributed by atoms with van der Waals surface area (Å²) in [7, 11) is 1.60. The Morgan fingerprint density at radius 3 is 2.50 bits per heavy atom. The zero-order chi connectivity index (χ0) is 12.3. The Balaban J connectivity index is 2.67. The molecule has 4 nitrogen and oxygen atoms in total. The smallest absolute Gasteiger partial charge is 0.412 e. The Bertz CT molecular complexity index is 379. The highest BCUT2D eigenvalue weighted by molar-refractivity contribution is 7.14. The number of nitrogens with one attached hydrogen (secondary N) is 1. The third-order valence-corrected chi connectivity index (χ3v) is 2.80. The number of hydrogen-bond acceptors (Lipinski definition) is 4. The molecule has 0 saturated heterocycles. The van der Waals surface area contributed by atoms with Crippen molar-refractivity contribution in [2.75, 3.05) is 12.4 Å². The minimum absolute atomic E-state index is 0.444. The van der Waals surface area contributed by atoms with E-state index in [1.165, 1.54) is 11.3 Å². The third-order valence-electron chi connectivity index (χ3n) is 1.83. The maximum atomic E-state index is 11.5. The standard InChI is InChI=1S/C11H17NO3S/c1-7-8(14-5)6-16-9(7)12-10(13)15-11(2,3)4/h6H,1-5H3,(H,12,13). The average molecular weight is 243 g/mol. The van der Waals surface area contributed by atoms with Crippen LogP contribution >= 0.6 is 11.3 Å². The van der Waals surface area contributed by atoms with Gasteiger partial charge in [0.1, 0.15) is 16.4 Å². The minimum atomic E-state index is -0.487. The highest BCUT2D eigenvalue weighted by Gasteiger charge is 2.18. The second-order valence-corrected chi connectivity index (χ2v) is 5.26. The van der Waals surface area contributed by atoms with Gasteiger partial charge < -0.3 is 9.47 Å². The molecule has 1 rings (SSSR count). The van der Waals surface area contributed by atoms with Crippen molar-refractivity contribution in [3.63, 3.8) is 0 Å². The predicted molar refractivity (Wildman–Crippen MR) is 65.5 cm³/mol. The first-order valence-corrected chi connectivity index (χ1v) is 5.83. The molecule has 0 unspecified atom stereocenters. The normalized spacial score (nSPS) is 11.1. The van der Waals surface area contributed by atoms with Gasteiger partial charge in [-0.3, -0.25) is 5.32 Å². The number of carbonyl (C=O) groups excluding carboxylic acids is 1. The molecule has 0 atom stereocenters. The van der Waals surface area contributed by atoms with Crippen molar-refractivity contribution in [3.05, 3.63) is 10.9 Å². The van der Waals surface area contributed by atoms with Gasteiger partial charge in [-0.2, -0.15) is 0 Å². The monoisotopic (exact) mass is 243 g/mol. The summed E-state index contributed by atoms with van der Waals surface area (Å²) in [6.07, 6.45) is -0.444. The molecule has 0 saturated carbocycles. The predicted octanol–water partition coefficient (Wildman–Crippen LogP) is 3.41. The van der Waals surface area contributed by atoms with Crippen LogP contribution in [0.3, 0.4) is 0 Å². The van der Waals surface area contributed by atoms with E-state index < -0.39 is 11.7 Å². The summed E-state index contributed by atoms with van der Waals surface area (Å²) in [5, 5.41) is 5.30. The van der Waals surface area contributed by atoms with E-state index in [2.05, 4.69) is 5.32 Å². The van der Waals surface area contributed by atoms with Crippen LogP contribution in [0.5, 0.6) is 5.75 Å². The van der Waals surface area contributed by atoms with E-state index in [0.717, 1.165) is 16.3 Å². The van der Waals surface area contributed by atoms with Crippen LogP contribution in [-0.4, -0.2) is 18.8 Å². The van der Waals surface area contributed by atoms with Gasteiger partial charge in [0.05, 0.1) is 7.11 Å². The van der Waals surface area contributed by atoms with Crippen LogP contribution in [0.2, 0.25) is 0 Å². The molecule has 1 amide bonds.